The fraction of sp³-hybridized carbons (Fsp3) is 0.136. The van der Waals surface area contributed by atoms with Crippen molar-refractivity contribution in [1.29, 1.82) is 0 Å². The van der Waals surface area contributed by atoms with Crippen molar-refractivity contribution >= 4 is 11.9 Å². The van der Waals surface area contributed by atoms with Gasteiger partial charge in [0.1, 0.15) is 29.6 Å². The molecule has 0 bridgehead atoms. The minimum absolute atomic E-state index is 0.0956. The molecule has 4 nitrogen and oxygen atoms in total. The Kier molecular flexibility index (Phi) is 5.54. The second-order valence-electron chi connectivity index (χ2n) is 5.78. The molecular formula is C22H20O4. The van der Waals surface area contributed by atoms with Gasteiger partial charge in [-0.25, -0.2) is 0 Å². The summed E-state index contributed by atoms with van der Waals surface area (Å²) in [6, 6.07) is 18.5. The summed E-state index contributed by atoms with van der Waals surface area (Å²) in [7, 11) is 1.59. The summed E-state index contributed by atoms with van der Waals surface area (Å²) in [4.78, 5) is 12.2. The minimum Gasteiger partial charge on any atom is -0.497 e. The molecule has 2 aromatic carbocycles. The fourth-order valence-electron chi connectivity index (χ4n) is 2.44. The Bertz CT molecular complexity index is 904. The molecule has 0 fully saturated rings. The molecule has 0 saturated heterocycles. The number of ether oxygens (including phenoxy) is 2. The van der Waals surface area contributed by atoms with Crippen LogP contribution in [0.3, 0.4) is 0 Å². The Morgan fingerprint density at radius 2 is 1.81 bits per heavy atom. The number of carbonyl (C=O) groups is 1. The maximum absolute atomic E-state index is 12.2. The molecule has 0 unspecified atom stereocenters. The molecule has 26 heavy (non-hydrogen) atoms. The first-order chi connectivity index (χ1) is 12.7. The molecule has 0 aliphatic rings. The predicted molar refractivity (Wildman–Crippen MR) is 101 cm³/mol. The van der Waals surface area contributed by atoms with E-state index in [1.165, 1.54) is 6.08 Å². The van der Waals surface area contributed by atoms with Gasteiger partial charge >= 0.3 is 0 Å². The summed E-state index contributed by atoms with van der Waals surface area (Å²) in [6.45, 7) is 2.33. The van der Waals surface area contributed by atoms with Gasteiger partial charge in [0.25, 0.3) is 0 Å². The number of ketones is 1. The molecule has 0 spiro atoms. The van der Waals surface area contributed by atoms with Crippen LogP contribution >= 0.6 is 0 Å². The Morgan fingerprint density at radius 3 is 2.54 bits per heavy atom. The first kappa shape index (κ1) is 17.5. The molecular weight excluding hydrogens is 328 g/mol. The highest BCUT2D eigenvalue weighted by Gasteiger charge is 2.05. The van der Waals surface area contributed by atoms with Crippen molar-refractivity contribution in [2.45, 2.75) is 13.5 Å². The second kappa shape index (κ2) is 8.21. The van der Waals surface area contributed by atoms with Crippen LogP contribution in [0, 0.1) is 6.92 Å². The van der Waals surface area contributed by atoms with E-state index >= 15 is 0 Å². The highest BCUT2D eigenvalue weighted by atomic mass is 16.5. The number of furan rings is 1. The van der Waals surface area contributed by atoms with Crippen LogP contribution in [0.1, 0.15) is 27.4 Å². The molecule has 0 radical (unpaired) electrons. The van der Waals surface area contributed by atoms with Crippen molar-refractivity contribution in [3.63, 3.8) is 0 Å². The van der Waals surface area contributed by atoms with Gasteiger partial charge in [0.15, 0.2) is 5.78 Å². The van der Waals surface area contributed by atoms with Crippen LogP contribution < -0.4 is 9.47 Å². The van der Waals surface area contributed by atoms with Crippen molar-refractivity contribution in [1.82, 2.24) is 0 Å². The van der Waals surface area contributed by atoms with Crippen molar-refractivity contribution in [2.24, 2.45) is 0 Å². The normalized spacial score (nSPS) is 10.8. The summed E-state index contributed by atoms with van der Waals surface area (Å²) in [5.74, 6) is 2.76. The van der Waals surface area contributed by atoms with E-state index in [9.17, 15) is 4.79 Å². The highest BCUT2D eigenvalue weighted by molar-refractivity contribution is 6.06. The predicted octanol–water partition coefficient (Wildman–Crippen LogP) is 5.07. The standard InChI is InChI=1S/C22H20O4/c1-16-5-3-4-6-22(16)25-15-20-12-11-19(26-20)13-14-21(23)17-7-9-18(24-2)10-8-17/h3-14H,15H2,1-2H3/b14-13+. The molecule has 0 amide bonds. The number of hydrogen-bond acceptors (Lipinski definition) is 4. The second-order valence-corrected chi connectivity index (χ2v) is 5.78. The van der Waals surface area contributed by atoms with E-state index in [4.69, 9.17) is 13.9 Å². The van der Waals surface area contributed by atoms with Crippen LogP contribution in [-0.4, -0.2) is 12.9 Å². The van der Waals surface area contributed by atoms with Gasteiger partial charge in [0.2, 0.25) is 0 Å². The molecule has 1 aromatic heterocycles. The highest BCUT2D eigenvalue weighted by Crippen LogP contribution is 2.19. The fourth-order valence-corrected chi connectivity index (χ4v) is 2.44. The van der Waals surface area contributed by atoms with Gasteiger partial charge in [-0.15, -0.1) is 0 Å². The molecule has 0 aliphatic heterocycles. The Hall–Kier alpha value is -3.27. The number of carbonyl (C=O) groups excluding carboxylic acids is 1. The summed E-state index contributed by atoms with van der Waals surface area (Å²) >= 11 is 0. The topological polar surface area (TPSA) is 48.7 Å². The third kappa shape index (κ3) is 4.42. The summed E-state index contributed by atoms with van der Waals surface area (Å²) in [5, 5.41) is 0. The molecule has 4 heteroatoms. The zero-order valence-corrected chi connectivity index (χ0v) is 14.8. The molecule has 3 rings (SSSR count). The maximum Gasteiger partial charge on any atom is 0.185 e. The quantitative estimate of drug-likeness (QED) is 0.442. The number of para-hydroxylation sites is 1. The Balaban J connectivity index is 1.59. The van der Waals surface area contributed by atoms with Crippen molar-refractivity contribution < 1.29 is 18.7 Å². The van der Waals surface area contributed by atoms with Crippen LogP contribution in [0.25, 0.3) is 6.08 Å². The van der Waals surface area contributed by atoms with Crippen LogP contribution in [0.15, 0.2) is 71.2 Å². The number of aryl methyl sites for hydroxylation is 1. The summed E-state index contributed by atoms with van der Waals surface area (Å²) in [5.41, 5.74) is 1.67. The first-order valence-electron chi connectivity index (χ1n) is 8.29. The molecule has 3 aromatic rings. The van der Waals surface area contributed by atoms with Crippen molar-refractivity contribution in [3.8, 4) is 11.5 Å². The summed E-state index contributed by atoms with van der Waals surface area (Å²) < 4.78 is 16.5. The largest absolute Gasteiger partial charge is 0.497 e. The van der Waals surface area contributed by atoms with Gasteiger partial charge < -0.3 is 13.9 Å². The number of methoxy groups -OCH3 is 1. The third-order valence-corrected chi connectivity index (χ3v) is 3.92. The lowest BCUT2D eigenvalue weighted by atomic mass is 10.1. The zero-order chi connectivity index (χ0) is 18.4. The number of allylic oxidation sites excluding steroid dienone is 1. The van der Waals surface area contributed by atoms with Gasteiger partial charge in [-0.1, -0.05) is 18.2 Å². The lowest BCUT2D eigenvalue weighted by molar-refractivity contribution is 0.104. The smallest absolute Gasteiger partial charge is 0.185 e. The van der Waals surface area contributed by atoms with Crippen LogP contribution in [0.5, 0.6) is 11.5 Å². The third-order valence-electron chi connectivity index (χ3n) is 3.92. The number of rotatable bonds is 7. The van der Waals surface area contributed by atoms with Gasteiger partial charge in [0.05, 0.1) is 7.11 Å². The van der Waals surface area contributed by atoms with E-state index in [2.05, 4.69) is 0 Å². The van der Waals surface area contributed by atoms with Gasteiger partial charge in [-0.3, -0.25) is 4.79 Å². The minimum atomic E-state index is -0.0956. The zero-order valence-electron chi connectivity index (χ0n) is 14.8. The van der Waals surface area contributed by atoms with E-state index in [-0.39, 0.29) is 5.78 Å². The van der Waals surface area contributed by atoms with Crippen LogP contribution in [0.4, 0.5) is 0 Å². The Morgan fingerprint density at radius 1 is 1.04 bits per heavy atom. The average molecular weight is 348 g/mol. The lowest BCUT2D eigenvalue weighted by Crippen LogP contribution is -1.95. The van der Waals surface area contributed by atoms with Gasteiger partial charge in [0, 0.05) is 5.56 Å². The van der Waals surface area contributed by atoms with Gasteiger partial charge in [-0.2, -0.15) is 0 Å². The molecule has 1 heterocycles. The van der Waals surface area contributed by atoms with E-state index in [1.807, 2.05) is 43.3 Å². The number of hydrogen-bond donors (Lipinski definition) is 0. The average Bonchev–Trinajstić information content (AvgIpc) is 3.13. The monoisotopic (exact) mass is 348 g/mol. The lowest BCUT2D eigenvalue weighted by Gasteiger charge is -2.06. The molecule has 0 atom stereocenters. The van der Waals surface area contributed by atoms with Crippen LogP contribution in [-0.2, 0) is 6.61 Å². The molecule has 0 aliphatic carbocycles. The first-order valence-corrected chi connectivity index (χ1v) is 8.29. The van der Waals surface area contributed by atoms with Crippen LogP contribution in [0.2, 0.25) is 0 Å². The maximum atomic E-state index is 12.2. The Labute approximate surface area is 152 Å². The van der Waals surface area contributed by atoms with E-state index in [0.717, 1.165) is 17.1 Å². The molecule has 132 valence electrons. The van der Waals surface area contributed by atoms with Gasteiger partial charge in [-0.05, 0) is 67.1 Å². The SMILES string of the molecule is COc1ccc(C(=O)/C=C/c2ccc(COc3ccccc3C)o2)cc1. The van der Waals surface area contributed by atoms with Crippen molar-refractivity contribution in [2.75, 3.05) is 7.11 Å². The number of benzene rings is 2. The summed E-state index contributed by atoms with van der Waals surface area (Å²) in [6.07, 6.45) is 3.15. The van der Waals surface area contributed by atoms with Crippen molar-refractivity contribution in [3.05, 3.63) is 89.4 Å². The van der Waals surface area contributed by atoms with E-state index < -0.39 is 0 Å². The molecule has 0 N–H and O–H groups in total. The molecule has 0 saturated carbocycles. The van der Waals surface area contributed by atoms with E-state index in [1.54, 1.807) is 37.5 Å². The van der Waals surface area contributed by atoms with E-state index in [0.29, 0.717) is 23.7 Å².